The van der Waals surface area contributed by atoms with Crippen molar-refractivity contribution < 1.29 is 13.9 Å². The van der Waals surface area contributed by atoms with Crippen molar-refractivity contribution in [2.75, 3.05) is 11.9 Å². The number of thiophene rings is 1. The first-order chi connectivity index (χ1) is 17.1. The van der Waals surface area contributed by atoms with Crippen molar-refractivity contribution in [3.63, 3.8) is 0 Å². The number of nitrogens with zero attached hydrogens (tertiary/aromatic N) is 2. The predicted molar refractivity (Wildman–Crippen MR) is 137 cm³/mol. The fourth-order valence-corrected chi connectivity index (χ4v) is 5.61. The van der Waals surface area contributed by atoms with Crippen LogP contribution >= 0.6 is 11.3 Å². The second kappa shape index (κ2) is 9.77. The van der Waals surface area contributed by atoms with Crippen molar-refractivity contribution in [3.8, 4) is 11.8 Å². The summed E-state index contributed by atoms with van der Waals surface area (Å²) in [6, 6.07) is 17.3. The van der Waals surface area contributed by atoms with Crippen molar-refractivity contribution in [2.45, 2.75) is 39.5 Å². The number of carbonyl (C=O) groups excluding carboxylic acids is 1. The third kappa shape index (κ3) is 4.58. The van der Waals surface area contributed by atoms with Gasteiger partial charge in [-0.05, 0) is 74.9 Å². The van der Waals surface area contributed by atoms with Crippen LogP contribution in [-0.4, -0.2) is 12.5 Å². The summed E-state index contributed by atoms with van der Waals surface area (Å²) in [5, 5.41) is 14.2. The standard InChI is InChI=1S/C28H25N3O3S/c1-3-33-23-12-7-9-18-15-21(26(32)30-19-10-6-8-17(2)14-19)27(34-25(18)23)31-28-22(16-29)20-11-4-5-13-24(20)35-28/h6-10,12,14-15H,3-5,11,13H2,1-2H3,(H,30,32). The van der Waals surface area contributed by atoms with Gasteiger partial charge in [-0.3, -0.25) is 4.79 Å². The lowest BCUT2D eigenvalue weighted by atomic mass is 9.96. The lowest BCUT2D eigenvalue weighted by Gasteiger charge is -2.10. The summed E-state index contributed by atoms with van der Waals surface area (Å²) in [6.45, 7) is 4.36. The van der Waals surface area contributed by atoms with Crippen LogP contribution in [0.3, 0.4) is 0 Å². The topological polar surface area (TPSA) is 87.6 Å². The largest absolute Gasteiger partial charge is 0.490 e. The van der Waals surface area contributed by atoms with Gasteiger partial charge in [0.05, 0.1) is 12.2 Å². The van der Waals surface area contributed by atoms with E-state index in [2.05, 4.69) is 11.4 Å². The van der Waals surface area contributed by atoms with Crippen LogP contribution in [-0.2, 0) is 12.8 Å². The van der Waals surface area contributed by atoms with Crippen LogP contribution in [0.1, 0.15) is 51.7 Å². The van der Waals surface area contributed by atoms with Gasteiger partial charge >= 0.3 is 0 Å². The average molecular weight is 484 g/mol. The minimum atomic E-state index is -0.332. The molecule has 1 aliphatic carbocycles. The zero-order valence-electron chi connectivity index (χ0n) is 19.7. The lowest BCUT2D eigenvalue weighted by molar-refractivity contribution is 0.102. The maximum Gasteiger partial charge on any atom is 0.261 e. The molecule has 0 atom stereocenters. The van der Waals surface area contributed by atoms with E-state index in [4.69, 9.17) is 14.1 Å². The maximum atomic E-state index is 13.4. The summed E-state index contributed by atoms with van der Waals surface area (Å²) in [4.78, 5) is 19.4. The molecule has 0 bridgehead atoms. The van der Waals surface area contributed by atoms with Gasteiger partial charge in [0.2, 0.25) is 5.55 Å². The molecule has 0 saturated heterocycles. The number of amides is 1. The van der Waals surface area contributed by atoms with E-state index in [9.17, 15) is 10.1 Å². The van der Waals surface area contributed by atoms with E-state index in [1.54, 1.807) is 6.07 Å². The summed E-state index contributed by atoms with van der Waals surface area (Å²) >= 11 is 1.52. The van der Waals surface area contributed by atoms with Gasteiger partial charge in [0.25, 0.3) is 5.91 Å². The fourth-order valence-electron chi connectivity index (χ4n) is 4.40. The lowest BCUT2D eigenvalue weighted by Crippen LogP contribution is -2.21. The van der Waals surface area contributed by atoms with E-state index in [-0.39, 0.29) is 11.5 Å². The summed E-state index contributed by atoms with van der Waals surface area (Å²) < 4.78 is 12.0. The number of nitriles is 1. The Morgan fingerprint density at radius 3 is 2.83 bits per heavy atom. The Kier molecular flexibility index (Phi) is 6.39. The van der Waals surface area contributed by atoms with E-state index >= 15 is 0 Å². The molecule has 176 valence electrons. The smallest absolute Gasteiger partial charge is 0.261 e. The molecule has 1 N–H and O–H groups in total. The first-order valence-electron chi connectivity index (χ1n) is 11.7. The van der Waals surface area contributed by atoms with Crippen molar-refractivity contribution in [3.05, 3.63) is 81.2 Å². The van der Waals surface area contributed by atoms with Crippen molar-refractivity contribution >= 4 is 38.9 Å². The molecular weight excluding hydrogens is 458 g/mol. The first-order valence-corrected chi connectivity index (χ1v) is 12.6. The van der Waals surface area contributed by atoms with Crippen molar-refractivity contribution in [2.24, 2.45) is 4.99 Å². The highest BCUT2D eigenvalue weighted by Crippen LogP contribution is 2.39. The van der Waals surface area contributed by atoms with Crippen LogP contribution in [0, 0.1) is 18.3 Å². The summed E-state index contributed by atoms with van der Waals surface area (Å²) in [5.41, 5.74) is 4.37. The number of para-hydroxylation sites is 1. The number of fused-ring (bicyclic) bond motifs is 2. The minimum absolute atomic E-state index is 0.157. The van der Waals surface area contributed by atoms with E-state index in [1.807, 2.05) is 56.3 Å². The highest BCUT2D eigenvalue weighted by molar-refractivity contribution is 7.16. The molecule has 0 aliphatic heterocycles. The summed E-state index contributed by atoms with van der Waals surface area (Å²) in [5.74, 6) is 0.250. The van der Waals surface area contributed by atoms with Crippen molar-refractivity contribution in [1.82, 2.24) is 0 Å². The molecule has 6 nitrogen and oxygen atoms in total. The van der Waals surface area contributed by atoms with Gasteiger partial charge in [0.1, 0.15) is 16.6 Å². The molecule has 0 fully saturated rings. The normalized spacial score (nSPS) is 13.3. The number of nitrogens with one attached hydrogen (secondary N) is 1. The van der Waals surface area contributed by atoms with E-state index < -0.39 is 0 Å². The molecule has 0 spiro atoms. The van der Waals surface area contributed by atoms with Crippen LogP contribution in [0.4, 0.5) is 10.7 Å². The van der Waals surface area contributed by atoms with Gasteiger partial charge in [-0.2, -0.15) is 5.26 Å². The molecular formula is C28H25N3O3S. The number of anilines is 1. The molecule has 1 amide bonds. The second-order valence-electron chi connectivity index (χ2n) is 8.51. The molecule has 5 rings (SSSR count). The number of rotatable bonds is 5. The summed E-state index contributed by atoms with van der Waals surface area (Å²) in [6.07, 6.45) is 4.02. The Balaban J connectivity index is 1.70. The zero-order valence-corrected chi connectivity index (χ0v) is 20.5. The fraction of sp³-hybridized carbons (Fsp3) is 0.250. The van der Waals surface area contributed by atoms with Gasteiger partial charge in [0, 0.05) is 16.0 Å². The molecule has 7 heteroatoms. The second-order valence-corrected chi connectivity index (χ2v) is 9.59. The Bertz CT molecular complexity index is 1540. The molecule has 2 heterocycles. The Morgan fingerprint density at radius 1 is 1.20 bits per heavy atom. The monoisotopic (exact) mass is 483 g/mol. The average Bonchev–Trinajstić information content (AvgIpc) is 3.21. The van der Waals surface area contributed by atoms with Crippen LogP contribution in [0.25, 0.3) is 11.0 Å². The quantitative estimate of drug-likeness (QED) is 0.354. The van der Waals surface area contributed by atoms with Crippen LogP contribution < -0.4 is 15.6 Å². The van der Waals surface area contributed by atoms with Crippen LogP contribution in [0.5, 0.6) is 5.75 Å². The Hall–Kier alpha value is -3.89. The first kappa shape index (κ1) is 22.9. The Labute approximate surface area is 207 Å². The predicted octanol–water partition coefficient (Wildman–Crippen LogP) is 6.44. The molecule has 0 unspecified atom stereocenters. The third-order valence-corrected chi connectivity index (χ3v) is 7.21. The van der Waals surface area contributed by atoms with Gasteiger partial charge < -0.3 is 14.5 Å². The molecule has 0 saturated carbocycles. The van der Waals surface area contributed by atoms with Gasteiger partial charge in [0.15, 0.2) is 11.3 Å². The van der Waals surface area contributed by atoms with Crippen molar-refractivity contribution in [1.29, 1.82) is 5.26 Å². The molecule has 35 heavy (non-hydrogen) atoms. The number of aryl methyl sites for hydroxylation is 2. The number of hydrogen-bond donors (Lipinski definition) is 1. The van der Waals surface area contributed by atoms with E-state index in [0.29, 0.717) is 39.8 Å². The number of hydrogen-bond acceptors (Lipinski definition) is 6. The number of ether oxygens (including phenoxy) is 1. The minimum Gasteiger partial charge on any atom is -0.490 e. The van der Waals surface area contributed by atoms with E-state index in [0.717, 1.165) is 42.2 Å². The number of benzene rings is 2. The molecule has 0 radical (unpaired) electrons. The zero-order chi connectivity index (χ0) is 24.4. The van der Waals surface area contributed by atoms with Gasteiger partial charge in [-0.15, -0.1) is 11.3 Å². The molecule has 2 aromatic heterocycles. The van der Waals surface area contributed by atoms with Gasteiger partial charge in [-0.25, -0.2) is 4.99 Å². The van der Waals surface area contributed by atoms with Gasteiger partial charge in [-0.1, -0.05) is 24.3 Å². The molecule has 2 aromatic carbocycles. The SMILES string of the molecule is CCOc1cccc2cc(C(=O)Nc3cccc(C)c3)c(=Nc3sc4c(c3C#N)CCCC4)oc12. The number of carbonyl (C=O) groups is 1. The highest BCUT2D eigenvalue weighted by Gasteiger charge is 2.22. The molecule has 4 aromatic rings. The maximum absolute atomic E-state index is 13.4. The third-order valence-electron chi connectivity index (χ3n) is 6.03. The van der Waals surface area contributed by atoms with E-state index in [1.165, 1.54) is 16.2 Å². The summed E-state index contributed by atoms with van der Waals surface area (Å²) in [7, 11) is 0. The Morgan fingerprint density at radius 2 is 2.03 bits per heavy atom. The van der Waals surface area contributed by atoms with Crippen LogP contribution in [0.15, 0.2) is 57.9 Å². The molecule has 1 aliphatic rings. The highest BCUT2D eigenvalue weighted by atomic mass is 32.1. The van der Waals surface area contributed by atoms with Crippen LogP contribution in [0.2, 0.25) is 0 Å².